The topological polar surface area (TPSA) is 6.48 Å². The van der Waals surface area contributed by atoms with Gasteiger partial charge in [0.25, 0.3) is 0 Å². The SMILES string of the molecule is CCN(Cc1ccc(C)cc1)Cc1ccc(CN(CC)Cc2ccc(C)cc2)cc1. The van der Waals surface area contributed by atoms with E-state index in [1.165, 1.54) is 33.4 Å². The van der Waals surface area contributed by atoms with Gasteiger partial charge in [-0.2, -0.15) is 0 Å². The van der Waals surface area contributed by atoms with Crippen LogP contribution >= 0.6 is 0 Å². The van der Waals surface area contributed by atoms with Gasteiger partial charge in [0.15, 0.2) is 0 Å². The van der Waals surface area contributed by atoms with E-state index >= 15 is 0 Å². The summed E-state index contributed by atoms with van der Waals surface area (Å²) in [7, 11) is 0. The van der Waals surface area contributed by atoms with Gasteiger partial charge in [-0.25, -0.2) is 0 Å². The zero-order valence-electron chi connectivity index (χ0n) is 19.1. The summed E-state index contributed by atoms with van der Waals surface area (Å²) in [5, 5.41) is 0. The van der Waals surface area contributed by atoms with Crippen molar-refractivity contribution in [1.82, 2.24) is 9.80 Å². The molecule has 3 rings (SSSR count). The minimum Gasteiger partial charge on any atom is -0.295 e. The first kappa shape index (κ1) is 22.3. The molecule has 0 unspecified atom stereocenters. The molecule has 2 nitrogen and oxygen atoms in total. The lowest BCUT2D eigenvalue weighted by atomic mass is 10.1. The molecule has 0 N–H and O–H groups in total. The molecule has 2 heteroatoms. The van der Waals surface area contributed by atoms with Gasteiger partial charge >= 0.3 is 0 Å². The van der Waals surface area contributed by atoms with Crippen molar-refractivity contribution in [1.29, 1.82) is 0 Å². The van der Waals surface area contributed by atoms with E-state index in [1.54, 1.807) is 0 Å². The van der Waals surface area contributed by atoms with Crippen molar-refractivity contribution in [2.24, 2.45) is 0 Å². The molecule has 0 spiro atoms. The molecular formula is C28H36N2. The van der Waals surface area contributed by atoms with Crippen LogP contribution in [0.1, 0.15) is 47.2 Å². The third-order valence-corrected chi connectivity index (χ3v) is 5.78. The van der Waals surface area contributed by atoms with Gasteiger partial charge < -0.3 is 0 Å². The van der Waals surface area contributed by atoms with Crippen molar-refractivity contribution in [3.8, 4) is 0 Å². The molecule has 0 atom stereocenters. The Balaban J connectivity index is 1.56. The summed E-state index contributed by atoms with van der Waals surface area (Å²) in [6, 6.07) is 27.0. The zero-order valence-corrected chi connectivity index (χ0v) is 19.1. The summed E-state index contributed by atoms with van der Waals surface area (Å²) >= 11 is 0. The summed E-state index contributed by atoms with van der Waals surface area (Å²) in [5.74, 6) is 0. The Labute approximate surface area is 183 Å². The lowest BCUT2D eigenvalue weighted by Gasteiger charge is -2.22. The number of nitrogens with zero attached hydrogens (tertiary/aromatic N) is 2. The summed E-state index contributed by atoms with van der Waals surface area (Å²) in [5.41, 5.74) is 8.17. The first-order valence-electron chi connectivity index (χ1n) is 11.2. The minimum absolute atomic E-state index is 0.992. The quantitative estimate of drug-likeness (QED) is 0.391. The average Bonchev–Trinajstić information content (AvgIpc) is 2.77. The molecule has 0 radical (unpaired) electrons. The molecule has 3 aromatic carbocycles. The highest BCUT2D eigenvalue weighted by molar-refractivity contribution is 5.25. The van der Waals surface area contributed by atoms with Crippen LogP contribution in [0.4, 0.5) is 0 Å². The van der Waals surface area contributed by atoms with Gasteiger partial charge in [-0.05, 0) is 49.2 Å². The molecule has 0 aliphatic carbocycles. The minimum atomic E-state index is 0.992. The van der Waals surface area contributed by atoms with Gasteiger partial charge in [0.2, 0.25) is 0 Å². The summed E-state index contributed by atoms with van der Waals surface area (Å²) < 4.78 is 0. The number of rotatable bonds is 10. The molecule has 3 aromatic rings. The maximum atomic E-state index is 2.50. The third-order valence-electron chi connectivity index (χ3n) is 5.78. The first-order valence-corrected chi connectivity index (χ1v) is 11.2. The molecule has 0 aromatic heterocycles. The Kier molecular flexibility index (Phi) is 8.24. The van der Waals surface area contributed by atoms with Crippen molar-refractivity contribution in [3.63, 3.8) is 0 Å². The number of benzene rings is 3. The standard InChI is InChI=1S/C28H36N2/c1-5-29(19-25-11-7-23(3)8-12-25)21-27-15-17-28(18-16-27)22-30(6-2)20-26-13-9-24(4)10-14-26/h7-18H,5-6,19-22H2,1-4H3. The maximum absolute atomic E-state index is 2.50. The highest BCUT2D eigenvalue weighted by Crippen LogP contribution is 2.15. The molecule has 0 saturated heterocycles. The normalized spacial score (nSPS) is 11.4. The van der Waals surface area contributed by atoms with Gasteiger partial charge in [0.1, 0.15) is 0 Å². The van der Waals surface area contributed by atoms with E-state index in [0.29, 0.717) is 0 Å². The maximum Gasteiger partial charge on any atom is 0.0237 e. The second kappa shape index (κ2) is 11.1. The van der Waals surface area contributed by atoms with E-state index in [4.69, 9.17) is 0 Å². The Morgan fingerprint density at radius 3 is 0.900 bits per heavy atom. The van der Waals surface area contributed by atoms with E-state index < -0.39 is 0 Å². The number of hydrogen-bond acceptors (Lipinski definition) is 2. The van der Waals surface area contributed by atoms with Crippen LogP contribution < -0.4 is 0 Å². The molecular weight excluding hydrogens is 364 g/mol. The fourth-order valence-corrected chi connectivity index (χ4v) is 3.73. The molecule has 0 bridgehead atoms. The number of hydrogen-bond donors (Lipinski definition) is 0. The highest BCUT2D eigenvalue weighted by Gasteiger charge is 2.08. The van der Waals surface area contributed by atoms with Crippen molar-refractivity contribution in [2.45, 2.75) is 53.9 Å². The molecule has 30 heavy (non-hydrogen) atoms. The molecule has 0 aliphatic heterocycles. The lowest BCUT2D eigenvalue weighted by molar-refractivity contribution is 0.269. The van der Waals surface area contributed by atoms with Crippen molar-refractivity contribution >= 4 is 0 Å². The highest BCUT2D eigenvalue weighted by atomic mass is 15.1. The van der Waals surface area contributed by atoms with Crippen LogP contribution in [0, 0.1) is 13.8 Å². The summed E-state index contributed by atoms with van der Waals surface area (Å²) in [4.78, 5) is 4.99. The second-order valence-corrected chi connectivity index (χ2v) is 8.39. The number of aryl methyl sites for hydroxylation is 2. The Hall–Kier alpha value is -2.42. The van der Waals surface area contributed by atoms with Crippen molar-refractivity contribution < 1.29 is 0 Å². The lowest BCUT2D eigenvalue weighted by Crippen LogP contribution is -2.23. The Morgan fingerprint density at radius 2 is 0.667 bits per heavy atom. The molecule has 0 saturated carbocycles. The van der Waals surface area contributed by atoms with Gasteiger partial charge in [-0.15, -0.1) is 0 Å². The van der Waals surface area contributed by atoms with E-state index in [-0.39, 0.29) is 0 Å². The predicted octanol–water partition coefficient (Wildman–Crippen LogP) is 6.35. The van der Waals surface area contributed by atoms with Crippen molar-refractivity contribution in [3.05, 3.63) is 106 Å². The second-order valence-electron chi connectivity index (χ2n) is 8.39. The van der Waals surface area contributed by atoms with Crippen LogP contribution in [0.25, 0.3) is 0 Å². The molecule has 0 aliphatic rings. The fourth-order valence-electron chi connectivity index (χ4n) is 3.73. The van der Waals surface area contributed by atoms with Crippen LogP contribution in [0.5, 0.6) is 0 Å². The Bertz CT molecular complexity index is 803. The first-order chi connectivity index (χ1) is 14.6. The van der Waals surface area contributed by atoms with E-state index in [9.17, 15) is 0 Å². The molecule has 0 amide bonds. The van der Waals surface area contributed by atoms with Gasteiger partial charge in [0, 0.05) is 26.2 Å². The van der Waals surface area contributed by atoms with E-state index in [0.717, 1.165) is 39.3 Å². The van der Waals surface area contributed by atoms with E-state index in [1.807, 2.05) is 0 Å². The fraction of sp³-hybridized carbons (Fsp3) is 0.357. The smallest absolute Gasteiger partial charge is 0.0237 e. The average molecular weight is 401 g/mol. The van der Waals surface area contributed by atoms with E-state index in [2.05, 4.69) is 110 Å². The van der Waals surface area contributed by atoms with Gasteiger partial charge in [0.05, 0.1) is 0 Å². The van der Waals surface area contributed by atoms with Crippen molar-refractivity contribution in [2.75, 3.05) is 13.1 Å². The summed E-state index contributed by atoms with van der Waals surface area (Å²) in [6.45, 7) is 14.9. The van der Waals surface area contributed by atoms with Crippen LogP contribution in [-0.2, 0) is 26.2 Å². The predicted molar refractivity (Wildman–Crippen MR) is 128 cm³/mol. The largest absolute Gasteiger partial charge is 0.295 e. The third kappa shape index (κ3) is 6.83. The summed E-state index contributed by atoms with van der Waals surface area (Å²) in [6.07, 6.45) is 0. The zero-order chi connectivity index (χ0) is 21.3. The van der Waals surface area contributed by atoms with Crippen LogP contribution in [0.15, 0.2) is 72.8 Å². The molecule has 0 heterocycles. The van der Waals surface area contributed by atoms with Gasteiger partial charge in [-0.1, -0.05) is 97.8 Å². The molecule has 158 valence electrons. The van der Waals surface area contributed by atoms with Crippen LogP contribution in [0.2, 0.25) is 0 Å². The van der Waals surface area contributed by atoms with Crippen LogP contribution in [0.3, 0.4) is 0 Å². The monoisotopic (exact) mass is 400 g/mol. The Morgan fingerprint density at radius 1 is 0.433 bits per heavy atom. The van der Waals surface area contributed by atoms with Gasteiger partial charge in [-0.3, -0.25) is 9.80 Å². The molecule has 0 fully saturated rings. The van der Waals surface area contributed by atoms with Crippen LogP contribution in [-0.4, -0.2) is 22.9 Å².